The zero-order valence-corrected chi connectivity index (χ0v) is 14.8. The molecule has 1 fully saturated rings. The number of methoxy groups -OCH3 is 1. The fourth-order valence-electron chi connectivity index (χ4n) is 3.13. The van der Waals surface area contributed by atoms with Crippen molar-refractivity contribution in [3.8, 4) is 11.5 Å². The Kier molecular flexibility index (Phi) is 6.67. The summed E-state index contributed by atoms with van der Waals surface area (Å²) in [7, 11) is 1.60. The Labute approximate surface area is 144 Å². The lowest BCUT2D eigenvalue weighted by molar-refractivity contribution is -0.137. The van der Waals surface area contributed by atoms with Crippen LogP contribution in [0.3, 0.4) is 0 Å². The molecule has 1 heterocycles. The van der Waals surface area contributed by atoms with Crippen molar-refractivity contribution in [1.82, 2.24) is 4.90 Å². The summed E-state index contributed by atoms with van der Waals surface area (Å²) in [5.41, 5.74) is 6.86. The molecule has 1 saturated heterocycles. The summed E-state index contributed by atoms with van der Waals surface area (Å²) in [6, 6.07) is 5.78. The van der Waals surface area contributed by atoms with Gasteiger partial charge in [0.1, 0.15) is 0 Å². The number of hydrogen-bond donors (Lipinski definition) is 1. The number of rotatable bonds is 6. The van der Waals surface area contributed by atoms with Gasteiger partial charge in [-0.15, -0.1) is 0 Å². The normalized spacial score (nSPS) is 21.1. The molecule has 2 atom stereocenters. The Morgan fingerprint density at radius 1 is 1.42 bits per heavy atom. The largest absolute Gasteiger partial charge is 0.493 e. The number of piperidine rings is 1. The predicted molar refractivity (Wildman–Crippen MR) is 96.2 cm³/mol. The summed E-state index contributed by atoms with van der Waals surface area (Å²) < 4.78 is 11.1. The van der Waals surface area contributed by atoms with Crippen LogP contribution in [0.25, 0.3) is 6.08 Å². The lowest BCUT2D eigenvalue weighted by Crippen LogP contribution is -2.50. The summed E-state index contributed by atoms with van der Waals surface area (Å²) in [5, 5.41) is 0. The van der Waals surface area contributed by atoms with Gasteiger partial charge in [-0.3, -0.25) is 4.79 Å². The van der Waals surface area contributed by atoms with Crippen LogP contribution >= 0.6 is 0 Å². The molecule has 1 aromatic carbocycles. The third-order valence-corrected chi connectivity index (χ3v) is 4.47. The van der Waals surface area contributed by atoms with Crippen LogP contribution in [0, 0.1) is 5.92 Å². The van der Waals surface area contributed by atoms with E-state index in [-0.39, 0.29) is 18.6 Å². The van der Waals surface area contributed by atoms with Gasteiger partial charge in [-0.2, -0.15) is 0 Å². The van der Waals surface area contributed by atoms with E-state index in [1.165, 1.54) is 0 Å². The number of hydrogen-bond acceptors (Lipinski definition) is 4. The molecule has 132 valence electrons. The zero-order chi connectivity index (χ0) is 17.5. The van der Waals surface area contributed by atoms with Gasteiger partial charge >= 0.3 is 0 Å². The lowest BCUT2D eigenvalue weighted by Gasteiger charge is -2.37. The summed E-state index contributed by atoms with van der Waals surface area (Å²) in [5.74, 6) is 1.80. The van der Waals surface area contributed by atoms with E-state index in [1.807, 2.05) is 42.2 Å². The molecule has 1 aliphatic rings. The van der Waals surface area contributed by atoms with E-state index < -0.39 is 0 Å². The van der Waals surface area contributed by atoms with E-state index in [0.29, 0.717) is 24.0 Å². The third-order valence-electron chi connectivity index (χ3n) is 4.47. The first kappa shape index (κ1) is 18.3. The van der Waals surface area contributed by atoms with Crippen molar-refractivity contribution in [2.24, 2.45) is 11.7 Å². The van der Waals surface area contributed by atoms with E-state index in [1.54, 1.807) is 7.11 Å². The second-order valence-corrected chi connectivity index (χ2v) is 6.31. The highest BCUT2D eigenvalue weighted by atomic mass is 16.5. The van der Waals surface area contributed by atoms with Crippen molar-refractivity contribution in [3.05, 3.63) is 29.8 Å². The average molecular weight is 332 g/mol. The maximum Gasteiger partial charge on any atom is 0.260 e. The highest BCUT2D eigenvalue weighted by Gasteiger charge is 2.29. The van der Waals surface area contributed by atoms with Gasteiger partial charge in [0.15, 0.2) is 18.1 Å². The maximum absolute atomic E-state index is 12.5. The molecule has 5 nitrogen and oxygen atoms in total. The van der Waals surface area contributed by atoms with E-state index in [2.05, 4.69) is 6.92 Å². The molecule has 0 aliphatic carbocycles. The number of likely N-dealkylation sites (tertiary alicyclic amines) is 1. The molecule has 1 aromatic rings. The predicted octanol–water partition coefficient (Wildman–Crippen LogP) is 2.69. The molecule has 1 amide bonds. The van der Waals surface area contributed by atoms with Crippen molar-refractivity contribution in [2.45, 2.75) is 32.7 Å². The molecule has 1 aliphatic heterocycles. The summed E-state index contributed by atoms with van der Waals surface area (Å²) in [6.07, 6.45) is 5.93. The molecular formula is C19H28N2O3. The van der Waals surface area contributed by atoms with Crippen LogP contribution in [-0.2, 0) is 4.79 Å². The fraction of sp³-hybridized carbons (Fsp3) is 0.526. The van der Waals surface area contributed by atoms with Gasteiger partial charge in [0.25, 0.3) is 5.91 Å². The first-order chi connectivity index (χ1) is 11.6. The Morgan fingerprint density at radius 2 is 2.21 bits per heavy atom. The molecule has 0 aromatic heterocycles. The fourth-order valence-corrected chi connectivity index (χ4v) is 3.13. The van der Waals surface area contributed by atoms with Gasteiger partial charge in [-0.05, 0) is 43.4 Å². The highest BCUT2D eigenvalue weighted by molar-refractivity contribution is 5.78. The second-order valence-electron chi connectivity index (χ2n) is 6.31. The number of nitrogens with two attached hydrogens (primary N) is 1. The topological polar surface area (TPSA) is 64.8 Å². The first-order valence-corrected chi connectivity index (χ1v) is 8.52. The van der Waals surface area contributed by atoms with E-state index in [4.69, 9.17) is 15.2 Å². The summed E-state index contributed by atoms with van der Waals surface area (Å²) in [4.78, 5) is 14.4. The van der Waals surface area contributed by atoms with Crippen LogP contribution in [0.2, 0.25) is 0 Å². The third kappa shape index (κ3) is 4.51. The Bertz CT molecular complexity index is 586. The van der Waals surface area contributed by atoms with Crippen LogP contribution in [-0.4, -0.2) is 43.7 Å². The molecule has 2 rings (SSSR count). The standard InChI is InChI=1S/C19H28N2O3/c1-4-5-15-6-7-17(18(11-15)23-3)24-13-19(22)21-9-8-14(2)10-16(21)12-20/h4-7,11,14,16H,8-10,12-13,20H2,1-3H3/b5-4+. The molecule has 24 heavy (non-hydrogen) atoms. The zero-order valence-electron chi connectivity index (χ0n) is 14.8. The van der Waals surface area contributed by atoms with Gasteiger partial charge < -0.3 is 20.1 Å². The van der Waals surface area contributed by atoms with Crippen molar-refractivity contribution >= 4 is 12.0 Å². The van der Waals surface area contributed by atoms with Gasteiger partial charge in [-0.25, -0.2) is 0 Å². The van der Waals surface area contributed by atoms with Crippen molar-refractivity contribution in [3.63, 3.8) is 0 Å². The SMILES string of the molecule is C/C=C/c1ccc(OCC(=O)N2CCC(C)CC2CN)c(OC)c1. The molecule has 2 unspecified atom stereocenters. The van der Waals surface area contributed by atoms with Crippen LogP contribution in [0.1, 0.15) is 32.3 Å². The molecule has 0 spiro atoms. The maximum atomic E-state index is 12.5. The van der Waals surface area contributed by atoms with Crippen LogP contribution in [0.5, 0.6) is 11.5 Å². The Morgan fingerprint density at radius 3 is 2.88 bits per heavy atom. The number of carbonyl (C=O) groups excluding carboxylic acids is 1. The van der Waals surface area contributed by atoms with Gasteiger partial charge in [0.05, 0.1) is 7.11 Å². The van der Waals surface area contributed by atoms with Crippen LogP contribution < -0.4 is 15.2 Å². The quantitative estimate of drug-likeness (QED) is 0.870. The molecule has 5 heteroatoms. The smallest absolute Gasteiger partial charge is 0.260 e. The average Bonchev–Trinajstić information content (AvgIpc) is 2.60. The van der Waals surface area contributed by atoms with Crippen LogP contribution in [0.15, 0.2) is 24.3 Å². The van der Waals surface area contributed by atoms with Crippen LogP contribution in [0.4, 0.5) is 0 Å². The summed E-state index contributed by atoms with van der Waals surface area (Å²) in [6.45, 7) is 5.42. The molecular weight excluding hydrogens is 304 g/mol. The monoisotopic (exact) mass is 332 g/mol. The molecule has 0 saturated carbocycles. The lowest BCUT2D eigenvalue weighted by atomic mass is 9.92. The second kappa shape index (κ2) is 8.73. The van der Waals surface area contributed by atoms with Crippen molar-refractivity contribution in [1.29, 1.82) is 0 Å². The highest BCUT2D eigenvalue weighted by Crippen LogP contribution is 2.29. The number of carbonyl (C=O) groups is 1. The van der Waals surface area contributed by atoms with Gasteiger partial charge in [0.2, 0.25) is 0 Å². The van der Waals surface area contributed by atoms with Gasteiger partial charge in [-0.1, -0.05) is 25.1 Å². The Hall–Kier alpha value is -2.01. The minimum atomic E-state index is -0.0167. The molecule has 0 radical (unpaired) electrons. The Balaban J connectivity index is 2.00. The number of ether oxygens (including phenoxy) is 2. The first-order valence-electron chi connectivity index (χ1n) is 8.52. The number of nitrogens with zero attached hydrogens (tertiary/aromatic N) is 1. The van der Waals surface area contributed by atoms with Gasteiger partial charge in [0, 0.05) is 19.1 Å². The van der Waals surface area contributed by atoms with Crippen molar-refractivity contribution in [2.75, 3.05) is 26.8 Å². The van der Waals surface area contributed by atoms with Crippen molar-refractivity contribution < 1.29 is 14.3 Å². The van der Waals surface area contributed by atoms with E-state index in [0.717, 1.165) is 24.9 Å². The number of amides is 1. The minimum absolute atomic E-state index is 0.00417. The number of allylic oxidation sites excluding steroid dienone is 1. The minimum Gasteiger partial charge on any atom is -0.493 e. The molecule has 0 bridgehead atoms. The van der Waals surface area contributed by atoms with E-state index >= 15 is 0 Å². The molecule has 2 N–H and O–H groups in total. The van der Waals surface area contributed by atoms with E-state index in [9.17, 15) is 4.79 Å². The summed E-state index contributed by atoms with van der Waals surface area (Å²) >= 11 is 0. The number of benzene rings is 1.